The lowest BCUT2D eigenvalue weighted by molar-refractivity contribution is 0.0690. The Morgan fingerprint density at radius 1 is 1.12 bits per heavy atom. The van der Waals surface area contributed by atoms with Crippen molar-refractivity contribution in [2.45, 2.75) is 33.6 Å². The van der Waals surface area contributed by atoms with Gasteiger partial charge in [0, 0.05) is 18.8 Å². The lowest BCUT2D eigenvalue weighted by Crippen LogP contribution is -2.38. The van der Waals surface area contributed by atoms with E-state index in [1.165, 1.54) is 5.56 Å². The molecule has 1 aliphatic rings. The molecule has 0 unspecified atom stereocenters. The number of aromatic nitrogens is 2. The van der Waals surface area contributed by atoms with Crippen LogP contribution in [-0.4, -0.2) is 34.1 Å². The van der Waals surface area contributed by atoms with Gasteiger partial charge in [-0.05, 0) is 56.4 Å². The molecule has 5 nitrogen and oxygen atoms in total. The molecule has 1 fully saturated rings. The van der Waals surface area contributed by atoms with E-state index in [9.17, 15) is 4.79 Å². The van der Waals surface area contributed by atoms with Crippen molar-refractivity contribution < 1.29 is 4.79 Å². The summed E-state index contributed by atoms with van der Waals surface area (Å²) in [7, 11) is 0. The predicted molar refractivity (Wildman–Crippen MR) is 95.5 cm³/mol. The first-order chi connectivity index (χ1) is 11.5. The SMILES string of the molecule is Cc1ccc(Nc2ccc(C(=O)N3CCC(C)CC3)nn2)c(C)c1. The van der Waals surface area contributed by atoms with Gasteiger partial charge < -0.3 is 10.2 Å². The zero-order valence-corrected chi connectivity index (χ0v) is 14.5. The van der Waals surface area contributed by atoms with E-state index in [4.69, 9.17) is 0 Å². The molecule has 1 aromatic heterocycles. The Morgan fingerprint density at radius 3 is 2.50 bits per heavy atom. The molecule has 0 bridgehead atoms. The summed E-state index contributed by atoms with van der Waals surface area (Å²) in [5.74, 6) is 1.32. The van der Waals surface area contributed by atoms with Gasteiger partial charge in [0.25, 0.3) is 5.91 Å². The highest BCUT2D eigenvalue weighted by Gasteiger charge is 2.22. The summed E-state index contributed by atoms with van der Waals surface area (Å²) in [5.41, 5.74) is 3.79. The fourth-order valence-corrected chi connectivity index (χ4v) is 2.98. The van der Waals surface area contributed by atoms with Crippen molar-refractivity contribution in [3.8, 4) is 0 Å². The molecular weight excluding hydrogens is 300 g/mol. The summed E-state index contributed by atoms with van der Waals surface area (Å²) in [6, 6.07) is 9.76. The minimum Gasteiger partial charge on any atom is -0.339 e. The molecule has 2 heterocycles. The van der Waals surface area contributed by atoms with Crippen molar-refractivity contribution in [3.05, 3.63) is 47.2 Å². The van der Waals surface area contributed by atoms with Crippen LogP contribution in [0.4, 0.5) is 11.5 Å². The molecule has 1 aromatic carbocycles. The maximum Gasteiger partial charge on any atom is 0.274 e. The van der Waals surface area contributed by atoms with Crippen molar-refractivity contribution >= 4 is 17.4 Å². The average Bonchev–Trinajstić information content (AvgIpc) is 2.58. The van der Waals surface area contributed by atoms with Crippen LogP contribution in [0.2, 0.25) is 0 Å². The van der Waals surface area contributed by atoms with Gasteiger partial charge in [0.05, 0.1) is 0 Å². The summed E-state index contributed by atoms with van der Waals surface area (Å²) in [6.45, 7) is 7.97. The summed E-state index contributed by atoms with van der Waals surface area (Å²) in [6.07, 6.45) is 2.12. The predicted octanol–water partition coefficient (Wildman–Crippen LogP) is 3.71. The van der Waals surface area contributed by atoms with E-state index in [-0.39, 0.29) is 5.91 Å². The number of hydrogen-bond acceptors (Lipinski definition) is 4. The van der Waals surface area contributed by atoms with Crippen molar-refractivity contribution in [3.63, 3.8) is 0 Å². The highest BCUT2D eigenvalue weighted by Crippen LogP contribution is 2.21. The number of piperidine rings is 1. The molecule has 2 aromatic rings. The van der Waals surface area contributed by atoms with Crippen molar-refractivity contribution in [1.82, 2.24) is 15.1 Å². The third kappa shape index (κ3) is 3.72. The first kappa shape index (κ1) is 16.4. The van der Waals surface area contributed by atoms with E-state index >= 15 is 0 Å². The molecule has 0 spiro atoms. The Kier molecular flexibility index (Phi) is 4.79. The molecule has 24 heavy (non-hydrogen) atoms. The largest absolute Gasteiger partial charge is 0.339 e. The van der Waals surface area contributed by atoms with Crippen LogP contribution < -0.4 is 5.32 Å². The number of benzene rings is 1. The average molecular weight is 324 g/mol. The Balaban J connectivity index is 1.68. The third-order valence-corrected chi connectivity index (χ3v) is 4.60. The Hall–Kier alpha value is -2.43. The normalized spacial score (nSPS) is 15.4. The van der Waals surface area contributed by atoms with Crippen molar-refractivity contribution in [2.75, 3.05) is 18.4 Å². The monoisotopic (exact) mass is 324 g/mol. The van der Waals surface area contributed by atoms with Gasteiger partial charge in [-0.2, -0.15) is 0 Å². The van der Waals surface area contributed by atoms with Crippen molar-refractivity contribution in [1.29, 1.82) is 0 Å². The second-order valence-corrected chi connectivity index (χ2v) is 6.72. The minimum atomic E-state index is -0.0209. The number of amides is 1. The molecule has 0 aliphatic carbocycles. The van der Waals surface area contributed by atoms with E-state index in [2.05, 4.69) is 48.4 Å². The van der Waals surface area contributed by atoms with Crippen LogP contribution in [0.5, 0.6) is 0 Å². The van der Waals surface area contributed by atoms with Gasteiger partial charge in [0.2, 0.25) is 0 Å². The molecule has 1 saturated heterocycles. The number of nitrogens with one attached hydrogen (secondary N) is 1. The van der Waals surface area contributed by atoms with Gasteiger partial charge in [-0.1, -0.05) is 24.6 Å². The zero-order valence-electron chi connectivity index (χ0n) is 14.5. The number of carbonyl (C=O) groups is 1. The molecule has 0 saturated carbocycles. The smallest absolute Gasteiger partial charge is 0.274 e. The molecule has 0 radical (unpaired) electrons. The summed E-state index contributed by atoms with van der Waals surface area (Å²) in [4.78, 5) is 14.3. The topological polar surface area (TPSA) is 58.1 Å². The van der Waals surface area contributed by atoms with Gasteiger partial charge >= 0.3 is 0 Å². The zero-order chi connectivity index (χ0) is 17.1. The number of carbonyl (C=O) groups excluding carboxylic acids is 1. The maximum atomic E-state index is 12.5. The molecule has 0 atom stereocenters. The fraction of sp³-hybridized carbons (Fsp3) is 0.421. The van der Waals surface area contributed by atoms with Crippen LogP contribution in [0.3, 0.4) is 0 Å². The van der Waals surface area contributed by atoms with E-state index < -0.39 is 0 Å². The first-order valence-electron chi connectivity index (χ1n) is 8.50. The molecule has 126 valence electrons. The summed E-state index contributed by atoms with van der Waals surface area (Å²) >= 11 is 0. The van der Waals surface area contributed by atoms with E-state index in [0.717, 1.165) is 37.2 Å². The molecule has 5 heteroatoms. The second kappa shape index (κ2) is 6.99. The van der Waals surface area contributed by atoms with Crippen molar-refractivity contribution in [2.24, 2.45) is 5.92 Å². The lowest BCUT2D eigenvalue weighted by Gasteiger charge is -2.29. The molecule has 1 aliphatic heterocycles. The fourth-order valence-electron chi connectivity index (χ4n) is 2.98. The van der Waals surface area contributed by atoms with Gasteiger partial charge in [-0.25, -0.2) is 0 Å². The number of nitrogens with zero attached hydrogens (tertiary/aromatic N) is 3. The molecule has 1 N–H and O–H groups in total. The van der Waals surface area contributed by atoms with E-state index in [1.807, 2.05) is 17.0 Å². The summed E-state index contributed by atoms with van der Waals surface area (Å²) < 4.78 is 0. The number of rotatable bonds is 3. The number of hydrogen-bond donors (Lipinski definition) is 1. The number of aryl methyl sites for hydroxylation is 2. The van der Waals surface area contributed by atoms with E-state index in [1.54, 1.807) is 6.07 Å². The van der Waals surface area contributed by atoms with Crippen LogP contribution in [0, 0.1) is 19.8 Å². The van der Waals surface area contributed by atoms with Gasteiger partial charge in [0.15, 0.2) is 11.5 Å². The van der Waals surface area contributed by atoms with Gasteiger partial charge in [-0.3, -0.25) is 4.79 Å². The Morgan fingerprint density at radius 2 is 1.88 bits per heavy atom. The van der Waals surface area contributed by atoms with E-state index in [0.29, 0.717) is 17.4 Å². The maximum absolute atomic E-state index is 12.5. The van der Waals surface area contributed by atoms with Crippen LogP contribution in [0.15, 0.2) is 30.3 Å². The second-order valence-electron chi connectivity index (χ2n) is 6.72. The van der Waals surface area contributed by atoms with Gasteiger partial charge in [0.1, 0.15) is 0 Å². The summed E-state index contributed by atoms with van der Waals surface area (Å²) in [5, 5.41) is 11.5. The Labute approximate surface area is 143 Å². The van der Waals surface area contributed by atoms with Crippen LogP contribution in [0.25, 0.3) is 0 Å². The molecule has 1 amide bonds. The third-order valence-electron chi connectivity index (χ3n) is 4.60. The highest BCUT2D eigenvalue weighted by molar-refractivity contribution is 5.92. The standard InChI is InChI=1S/C19H24N4O/c1-13-8-10-23(11-9-13)19(24)17-6-7-18(22-21-17)20-16-5-4-14(2)12-15(16)3/h4-7,12-13H,8-11H2,1-3H3,(H,20,22). The minimum absolute atomic E-state index is 0.0209. The molecule has 3 rings (SSSR count). The molecular formula is C19H24N4O. The Bertz CT molecular complexity index is 719. The quantitative estimate of drug-likeness (QED) is 0.935. The van der Waals surface area contributed by atoms with Crippen LogP contribution in [0.1, 0.15) is 41.4 Å². The van der Waals surface area contributed by atoms with Crippen LogP contribution >= 0.6 is 0 Å². The number of likely N-dealkylation sites (tertiary alicyclic amines) is 1. The van der Waals surface area contributed by atoms with Crippen LogP contribution in [-0.2, 0) is 0 Å². The lowest BCUT2D eigenvalue weighted by atomic mass is 9.99. The highest BCUT2D eigenvalue weighted by atomic mass is 16.2. The van der Waals surface area contributed by atoms with Gasteiger partial charge in [-0.15, -0.1) is 10.2 Å². The first-order valence-corrected chi connectivity index (χ1v) is 8.50. The number of anilines is 2.